The number of hydrogen-bond donors (Lipinski definition) is 0. The van der Waals surface area contributed by atoms with Crippen molar-refractivity contribution in [2.75, 3.05) is 19.6 Å². The lowest BCUT2D eigenvalue weighted by molar-refractivity contribution is -0.143. The summed E-state index contributed by atoms with van der Waals surface area (Å²) in [5.41, 5.74) is 1.73. The summed E-state index contributed by atoms with van der Waals surface area (Å²) in [5.74, 6) is 0.0596. The Morgan fingerprint density at radius 2 is 1.88 bits per heavy atom. The van der Waals surface area contributed by atoms with Crippen LogP contribution >= 0.6 is 0 Å². The molecular weight excluding hydrogens is 312 g/mol. The van der Waals surface area contributed by atoms with E-state index in [0.29, 0.717) is 6.42 Å². The van der Waals surface area contributed by atoms with Gasteiger partial charge in [-0.15, -0.1) is 0 Å². The molecule has 1 aliphatic carbocycles. The summed E-state index contributed by atoms with van der Waals surface area (Å²) in [7, 11) is 0. The Morgan fingerprint density at radius 1 is 1.16 bits per heavy atom. The second-order valence-electron chi connectivity index (χ2n) is 7.39. The number of amides is 2. The summed E-state index contributed by atoms with van der Waals surface area (Å²) >= 11 is 0. The molecule has 0 aromatic heterocycles. The third kappa shape index (κ3) is 3.01. The van der Waals surface area contributed by atoms with Crippen LogP contribution in [0.4, 0.5) is 0 Å². The number of nitrogens with zero attached hydrogens (tertiary/aromatic N) is 2. The van der Waals surface area contributed by atoms with Crippen LogP contribution in [-0.2, 0) is 21.4 Å². The van der Waals surface area contributed by atoms with Crippen LogP contribution in [0.5, 0.6) is 0 Å². The lowest BCUT2D eigenvalue weighted by atomic mass is 9.69. The first-order valence-corrected chi connectivity index (χ1v) is 9.74. The van der Waals surface area contributed by atoms with Gasteiger partial charge in [-0.2, -0.15) is 0 Å². The Balaban J connectivity index is 1.93. The monoisotopic (exact) mass is 342 g/mol. The molecule has 2 atom stereocenters. The van der Waals surface area contributed by atoms with Gasteiger partial charge in [0.1, 0.15) is 0 Å². The van der Waals surface area contributed by atoms with Crippen LogP contribution in [0.3, 0.4) is 0 Å². The SMILES string of the molecule is CCC(CN(CC)CC)N1C(=O)CC2(CCCc3ccccc32)C1=O. The van der Waals surface area contributed by atoms with E-state index in [4.69, 9.17) is 0 Å². The van der Waals surface area contributed by atoms with E-state index in [9.17, 15) is 9.59 Å². The normalized spacial score (nSPS) is 24.2. The Kier molecular flexibility index (Phi) is 5.28. The fourth-order valence-electron chi connectivity index (χ4n) is 4.63. The van der Waals surface area contributed by atoms with Crippen molar-refractivity contribution in [1.29, 1.82) is 0 Å². The molecule has 136 valence electrons. The Hall–Kier alpha value is -1.68. The molecule has 1 aliphatic heterocycles. The zero-order chi connectivity index (χ0) is 18.0. The summed E-state index contributed by atoms with van der Waals surface area (Å²) in [5, 5.41) is 0. The molecule has 1 aromatic carbocycles. The zero-order valence-corrected chi connectivity index (χ0v) is 15.8. The molecule has 1 aromatic rings. The maximum atomic E-state index is 13.5. The van der Waals surface area contributed by atoms with Gasteiger partial charge in [0.2, 0.25) is 11.8 Å². The summed E-state index contributed by atoms with van der Waals surface area (Å²) in [4.78, 5) is 30.3. The molecule has 1 heterocycles. The predicted molar refractivity (Wildman–Crippen MR) is 99.4 cm³/mol. The van der Waals surface area contributed by atoms with E-state index < -0.39 is 5.41 Å². The largest absolute Gasteiger partial charge is 0.302 e. The number of imide groups is 1. The zero-order valence-electron chi connectivity index (χ0n) is 15.8. The molecule has 25 heavy (non-hydrogen) atoms. The fraction of sp³-hybridized carbons (Fsp3) is 0.619. The predicted octanol–water partition coefficient (Wildman–Crippen LogP) is 3.14. The van der Waals surface area contributed by atoms with Crippen LogP contribution in [0.15, 0.2) is 24.3 Å². The minimum absolute atomic E-state index is 0.0145. The van der Waals surface area contributed by atoms with Crippen molar-refractivity contribution in [2.24, 2.45) is 0 Å². The molecule has 2 amide bonds. The standard InChI is InChI=1S/C21H30N2O2/c1-4-17(15-22(5-2)6-3)23-19(24)14-21(20(23)25)13-9-11-16-10-7-8-12-18(16)21/h7-8,10,12,17H,4-6,9,11,13-15H2,1-3H3. The number of rotatable bonds is 6. The highest BCUT2D eigenvalue weighted by Crippen LogP contribution is 2.46. The molecule has 1 spiro atoms. The smallest absolute Gasteiger partial charge is 0.240 e. The molecule has 4 nitrogen and oxygen atoms in total. The summed E-state index contributed by atoms with van der Waals surface area (Å²) < 4.78 is 0. The quantitative estimate of drug-likeness (QED) is 0.746. The molecule has 0 bridgehead atoms. The lowest BCUT2D eigenvalue weighted by Gasteiger charge is -2.35. The third-order valence-corrected chi connectivity index (χ3v) is 6.13. The highest BCUT2D eigenvalue weighted by atomic mass is 16.2. The van der Waals surface area contributed by atoms with Gasteiger partial charge in [-0.1, -0.05) is 45.0 Å². The van der Waals surface area contributed by atoms with Crippen molar-refractivity contribution in [1.82, 2.24) is 9.80 Å². The number of likely N-dealkylation sites (N-methyl/N-ethyl adjacent to an activating group) is 1. The van der Waals surface area contributed by atoms with E-state index in [2.05, 4.69) is 37.8 Å². The van der Waals surface area contributed by atoms with Gasteiger partial charge in [0, 0.05) is 13.0 Å². The highest BCUT2D eigenvalue weighted by molar-refractivity contribution is 6.09. The molecule has 0 radical (unpaired) electrons. The highest BCUT2D eigenvalue weighted by Gasteiger charge is 2.55. The molecule has 1 saturated heterocycles. The Labute approximate surface area is 151 Å². The first kappa shape index (κ1) is 18.1. The van der Waals surface area contributed by atoms with Crippen molar-refractivity contribution in [3.63, 3.8) is 0 Å². The maximum absolute atomic E-state index is 13.5. The molecule has 3 rings (SSSR count). The van der Waals surface area contributed by atoms with Gasteiger partial charge in [-0.3, -0.25) is 14.5 Å². The number of carbonyl (C=O) groups is 2. The third-order valence-electron chi connectivity index (χ3n) is 6.13. The molecular formula is C21H30N2O2. The number of aryl methyl sites for hydroxylation is 1. The number of likely N-dealkylation sites (tertiary alicyclic amines) is 1. The number of fused-ring (bicyclic) bond motifs is 2. The van der Waals surface area contributed by atoms with Crippen molar-refractivity contribution >= 4 is 11.8 Å². The van der Waals surface area contributed by atoms with E-state index in [1.807, 2.05) is 12.1 Å². The summed E-state index contributed by atoms with van der Waals surface area (Å²) in [6.07, 6.45) is 3.95. The van der Waals surface area contributed by atoms with E-state index in [0.717, 1.165) is 50.9 Å². The average Bonchev–Trinajstić information content (AvgIpc) is 2.88. The van der Waals surface area contributed by atoms with E-state index in [1.165, 1.54) is 5.56 Å². The average molecular weight is 342 g/mol. The van der Waals surface area contributed by atoms with Crippen LogP contribution < -0.4 is 0 Å². The molecule has 2 unspecified atom stereocenters. The first-order valence-electron chi connectivity index (χ1n) is 9.74. The van der Waals surface area contributed by atoms with Crippen LogP contribution in [0.25, 0.3) is 0 Å². The molecule has 2 aliphatic rings. The number of hydrogen-bond acceptors (Lipinski definition) is 3. The summed E-state index contributed by atoms with van der Waals surface area (Å²) in [6.45, 7) is 8.99. The molecule has 0 saturated carbocycles. The van der Waals surface area contributed by atoms with Crippen LogP contribution in [0, 0.1) is 0 Å². The fourth-order valence-corrected chi connectivity index (χ4v) is 4.63. The van der Waals surface area contributed by atoms with Crippen molar-refractivity contribution in [3.05, 3.63) is 35.4 Å². The van der Waals surface area contributed by atoms with Gasteiger partial charge in [0.15, 0.2) is 0 Å². The molecule has 0 N–H and O–H groups in total. The van der Waals surface area contributed by atoms with Gasteiger partial charge >= 0.3 is 0 Å². The van der Waals surface area contributed by atoms with Crippen molar-refractivity contribution in [2.45, 2.75) is 64.3 Å². The van der Waals surface area contributed by atoms with E-state index >= 15 is 0 Å². The maximum Gasteiger partial charge on any atom is 0.240 e. The van der Waals surface area contributed by atoms with Gasteiger partial charge in [-0.25, -0.2) is 0 Å². The molecule has 4 heteroatoms. The summed E-state index contributed by atoms with van der Waals surface area (Å²) in [6, 6.07) is 8.19. The second kappa shape index (κ2) is 7.28. The van der Waals surface area contributed by atoms with E-state index in [-0.39, 0.29) is 17.9 Å². The minimum Gasteiger partial charge on any atom is -0.302 e. The van der Waals surface area contributed by atoms with Crippen LogP contribution in [0.1, 0.15) is 57.6 Å². The number of benzene rings is 1. The Morgan fingerprint density at radius 3 is 2.56 bits per heavy atom. The van der Waals surface area contributed by atoms with Gasteiger partial charge in [0.05, 0.1) is 11.5 Å². The van der Waals surface area contributed by atoms with Crippen molar-refractivity contribution < 1.29 is 9.59 Å². The van der Waals surface area contributed by atoms with Gasteiger partial charge < -0.3 is 4.90 Å². The minimum atomic E-state index is -0.609. The number of carbonyl (C=O) groups excluding carboxylic acids is 2. The van der Waals surface area contributed by atoms with E-state index in [1.54, 1.807) is 4.90 Å². The second-order valence-corrected chi connectivity index (χ2v) is 7.39. The lowest BCUT2D eigenvalue weighted by Crippen LogP contribution is -2.49. The van der Waals surface area contributed by atoms with Crippen LogP contribution in [0.2, 0.25) is 0 Å². The first-order chi connectivity index (χ1) is 12.1. The van der Waals surface area contributed by atoms with Gasteiger partial charge in [0.25, 0.3) is 0 Å². The van der Waals surface area contributed by atoms with Crippen molar-refractivity contribution in [3.8, 4) is 0 Å². The topological polar surface area (TPSA) is 40.6 Å². The Bertz CT molecular complexity index is 653. The van der Waals surface area contributed by atoms with Gasteiger partial charge in [-0.05, 0) is 49.9 Å². The molecule has 1 fully saturated rings. The van der Waals surface area contributed by atoms with Crippen LogP contribution in [-0.4, -0.2) is 47.3 Å².